The number of rotatable bonds is 4. The standard InChI is InChI=1S/C19H22N6O.C2HF3O2/c1-12-13(2)21-15-7-5-4-6-14(15)17(12)20-9-8-16-22-23-18-19(26)24(3)10-11-25(16)18;3-2(4,5)1(6)7/h4-7H,8-11H2,1-3H3,(H,20,21);(H,6,7). The Balaban J connectivity index is 0.000000383. The lowest BCUT2D eigenvalue weighted by molar-refractivity contribution is -0.192. The monoisotopic (exact) mass is 464 g/mol. The third kappa shape index (κ3) is 5.21. The van der Waals surface area contributed by atoms with Crippen molar-refractivity contribution in [2.24, 2.45) is 0 Å². The molecule has 4 rings (SSSR count). The number of nitrogens with zero attached hydrogens (tertiary/aromatic N) is 5. The first-order chi connectivity index (χ1) is 15.5. The van der Waals surface area contributed by atoms with E-state index in [0.717, 1.165) is 46.8 Å². The normalized spacial score (nSPS) is 13.4. The summed E-state index contributed by atoms with van der Waals surface area (Å²) in [6, 6.07) is 8.15. The molecule has 0 radical (unpaired) electrons. The van der Waals surface area contributed by atoms with Gasteiger partial charge in [-0.15, -0.1) is 10.2 Å². The highest BCUT2D eigenvalue weighted by Gasteiger charge is 2.38. The Hall–Kier alpha value is -3.70. The summed E-state index contributed by atoms with van der Waals surface area (Å²) >= 11 is 0. The number of carbonyl (C=O) groups excluding carboxylic acids is 1. The molecule has 9 nitrogen and oxygen atoms in total. The van der Waals surface area contributed by atoms with Crippen LogP contribution < -0.4 is 5.32 Å². The summed E-state index contributed by atoms with van der Waals surface area (Å²) in [5, 5.41) is 20.1. The zero-order chi connectivity index (χ0) is 24.3. The molecule has 3 aromatic rings. The van der Waals surface area contributed by atoms with Crippen molar-refractivity contribution in [2.45, 2.75) is 33.0 Å². The molecule has 0 spiro atoms. The van der Waals surface area contributed by atoms with Gasteiger partial charge in [0.2, 0.25) is 5.82 Å². The van der Waals surface area contributed by atoms with E-state index in [1.165, 1.54) is 0 Å². The molecule has 176 valence electrons. The van der Waals surface area contributed by atoms with Gasteiger partial charge in [-0.25, -0.2) is 4.79 Å². The van der Waals surface area contributed by atoms with Crippen molar-refractivity contribution in [3.8, 4) is 0 Å². The van der Waals surface area contributed by atoms with Gasteiger partial charge < -0.3 is 19.9 Å². The van der Waals surface area contributed by atoms with Crippen molar-refractivity contribution in [3.05, 3.63) is 47.2 Å². The number of nitrogens with one attached hydrogen (secondary N) is 1. The van der Waals surface area contributed by atoms with Crippen molar-refractivity contribution in [1.29, 1.82) is 0 Å². The predicted molar refractivity (Wildman–Crippen MR) is 114 cm³/mol. The molecule has 3 heterocycles. The number of hydrogen-bond acceptors (Lipinski definition) is 6. The van der Waals surface area contributed by atoms with Gasteiger partial charge in [-0.3, -0.25) is 9.78 Å². The Kier molecular flexibility index (Phi) is 6.84. The molecule has 2 aromatic heterocycles. The molecule has 2 N–H and O–H groups in total. The van der Waals surface area contributed by atoms with E-state index in [1.54, 1.807) is 11.9 Å². The minimum atomic E-state index is -5.08. The van der Waals surface area contributed by atoms with Gasteiger partial charge in [0.1, 0.15) is 5.82 Å². The van der Waals surface area contributed by atoms with Gasteiger partial charge in [0.15, 0.2) is 0 Å². The highest BCUT2D eigenvalue weighted by Crippen LogP contribution is 2.27. The van der Waals surface area contributed by atoms with Crippen LogP contribution >= 0.6 is 0 Å². The summed E-state index contributed by atoms with van der Waals surface area (Å²) in [7, 11) is 1.79. The van der Waals surface area contributed by atoms with Crippen molar-refractivity contribution in [1.82, 2.24) is 24.6 Å². The largest absolute Gasteiger partial charge is 0.490 e. The molecule has 33 heavy (non-hydrogen) atoms. The van der Waals surface area contributed by atoms with E-state index in [9.17, 15) is 18.0 Å². The maximum atomic E-state index is 12.1. The van der Waals surface area contributed by atoms with Crippen LogP contribution in [0.15, 0.2) is 24.3 Å². The quantitative estimate of drug-likeness (QED) is 0.610. The zero-order valence-electron chi connectivity index (χ0n) is 18.3. The number of fused-ring (bicyclic) bond motifs is 2. The Morgan fingerprint density at radius 3 is 2.52 bits per heavy atom. The molecule has 12 heteroatoms. The van der Waals surface area contributed by atoms with E-state index in [2.05, 4.69) is 33.5 Å². The number of amides is 1. The van der Waals surface area contributed by atoms with Crippen molar-refractivity contribution in [2.75, 3.05) is 25.5 Å². The van der Waals surface area contributed by atoms with Gasteiger partial charge in [-0.1, -0.05) is 18.2 Å². The minimum Gasteiger partial charge on any atom is -0.475 e. The van der Waals surface area contributed by atoms with Gasteiger partial charge in [-0.2, -0.15) is 13.2 Å². The minimum absolute atomic E-state index is 0.0606. The Morgan fingerprint density at radius 1 is 1.18 bits per heavy atom. The van der Waals surface area contributed by atoms with Crippen LogP contribution in [0.1, 0.15) is 27.7 Å². The zero-order valence-corrected chi connectivity index (χ0v) is 18.3. The molecular weight excluding hydrogens is 441 g/mol. The smallest absolute Gasteiger partial charge is 0.475 e. The van der Waals surface area contributed by atoms with Crippen LogP contribution in [-0.4, -0.2) is 67.9 Å². The average molecular weight is 464 g/mol. The predicted octanol–water partition coefficient (Wildman–Crippen LogP) is 2.82. The number of benzene rings is 1. The van der Waals surface area contributed by atoms with Gasteiger partial charge >= 0.3 is 12.1 Å². The highest BCUT2D eigenvalue weighted by molar-refractivity contribution is 5.93. The van der Waals surface area contributed by atoms with Crippen molar-refractivity contribution >= 4 is 28.5 Å². The summed E-state index contributed by atoms with van der Waals surface area (Å²) in [6.45, 7) is 6.28. The van der Waals surface area contributed by atoms with Crippen molar-refractivity contribution < 1.29 is 27.9 Å². The molecule has 0 aliphatic carbocycles. The van der Waals surface area contributed by atoms with Crippen molar-refractivity contribution in [3.63, 3.8) is 0 Å². The first kappa shape index (κ1) is 24.0. The molecule has 0 saturated heterocycles. The number of aromatic nitrogens is 4. The topological polar surface area (TPSA) is 113 Å². The lowest BCUT2D eigenvalue weighted by Crippen LogP contribution is -2.38. The molecule has 0 unspecified atom stereocenters. The number of alkyl halides is 3. The van der Waals surface area contributed by atoms with E-state index >= 15 is 0 Å². The Morgan fingerprint density at radius 2 is 1.85 bits per heavy atom. The number of aryl methyl sites for hydroxylation is 1. The Labute approximate surface area is 187 Å². The number of anilines is 1. The number of carbonyl (C=O) groups is 2. The second-order valence-electron chi connectivity index (χ2n) is 7.51. The van der Waals surface area contributed by atoms with Gasteiger partial charge in [0, 0.05) is 49.9 Å². The number of carboxylic acids is 1. The van der Waals surface area contributed by atoms with Crippen LogP contribution in [0.25, 0.3) is 10.9 Å². The van der Waals surface area contributed by atoms with Crippen LogP contribution in [0, 0.1) is 13.8 Å². The molecule has 1 aliphatic heterocycles. The van der Waals surface area contributed by atoms with Crippen LogP contribution in [0.3, 0.4) is 0 Å². The van der Waals surface area contributed by atoms with E-state index in [1.807, 2.05) is 29.7 Å². The lowest BCUT2D eigenvalue weighted by atomic mass is 10.1. The summed E-state index contributed by atoms with van der Waals surface area (Å²) < 4.78 is 33.7. The van der Waals surface area contributed by atoms with Crippen LogP contribution in [0.2, 0.25) is 0 Å². The first-order valence-corrected chi connectivity index (χ1v) is 10.1. The van der Waals surface area contributed by atoms with E-state index in [-0.39, 0.29) is 5.91 Å². The molecular formula is C21H23F3N6O3. The molecule has 1 amide bonds. The molecule has 0 saturated carbocycles. The lowest BCUT2D eigenvalue weighted by Gasteiger charge is -2.23. The SMILES string of the molecule is Cc1nc2ccccc2c(NCCc2nnc3n2CCN(C)C3=O)c1C.O=C(O)C(F)(F)F. The summed E-state index contributed by atoms with van der Waals surface area (Å²) in [5.74, 6) is -1.53. The fraction of sp³-hybridized carbons (Fsp3) is 0.381. The Bertz CT molecular complexity index is 1190. The molecule has 0 fully saturated rings. The average Bonchev–Trinajstić information content (AvgIpc) is 3.17. The number of carboxylic acid groups (broad SMARTS) is 1. The fourth-order valence-corrected chi connectivity index (χ4v) is 3.39. The van der Waals surface area contributed by atoms with E-state index < -0.39 is 12.1 Å². The summed E-state index contributed by atoms with van der Waals surface area (Å²) in [4.78, 5) is 27.4. The molecule has 1 aliphatic rings. The summed E-state index contributed by atoms with van der Waals surface area (Å²) in [6.07, 6.45) is -4.38. The number of halogens is 3. The van der Waals surface area contributed by atoms with E-state index in [4.69, 9.17) is 9.90 Å². The van der Waals surface area contributed by atoms with Gasteiger partial charge in [0.05, 0.1) is 5.52 Å². The fourth-order valence-electron chi connectivity index (χ4n) is 3.39. The van der Waals surface area contributed by atoms with Gasteiger partial charge in [0.25, 0.3) is 5.91 Å². The number of hydrogen-bond donors (Lipinski definition) is 2. The number of para-hydroxylation sites is 1. The second kappa shape index (κ2) is 9.43. The van der Waals surface area contributed by atoms with E-state index in [0.29, 0.717) is 18.8 Å². The van der Waals surface area contributed by atoms with Crippen LogP contribution in [0.4, 0.5) is 18.9 Å². The maximum Gasteiger partial charge on any atom is 0.490 e. The molecule has 1 aromatic carbocycles. The number of likely N-dealkylation sites (N-methyl/N-ethyl adjacent to an activating group) is 1. The number of aliphatic carboxylic acids is 1. The molecule has 0 atom stereocenters. The highest BCUT2D eigenvalue weighted by atomic mass is 19.4. The number of pyridine rings is 1. The second-order valence-corrected chi connectivity index (χ2v) is 7.51. The van der Waals surface area contributed by atoms with Gasteiger partial charge in [-0.05, 0) is 25.5 Å². The third-order valence-corrected chi connectivity index (χ3v) is 5.30. The van der Waals surface area contributed by atoms with Crippen LogP contribution in [0.5, 0.6) is 0 Å². The summed E-state index contributed by atoms with van der Waals surface area (Å²) in [5.41, 5.74) is 4.29. The first-order valence-electron chi connectivity index (χ1n) is 10.1. The van der Waals surface area contributed by atoms with Crippen LogP contribution in [-0.2, 0) is 17.8 Å². The molecule has 0 bridgehead atoms. The third-order valence-electron chi connectivity index (χ3n) is 5.30. The maximum absolute atomic E-state index is 12.1.